The fraction of sp³-hybridized carbons (Fsp3) is 0.368. The fourth-order valence-corrected chi connectivity index (χ4v) is 5.06. The number of carbonyl (C=O) groups excluding carboxylic acids is 2. The van der Waals surface area contributed by atoms with Gasteiger partial charge in [0.1, 0.15) is 12.1 Å². The number of aryl methyl sites for hydroxylation is 1. The zero-order chi connectivity index (χ0) is 17.7. The van der Waals surface area contributed by atoms with Crippen molar-refractivity contribution in [3.63, 3.8) is 0 Å². The van der Waals surface area contributed by atoms with Gasteiger partial charge in [-0.15, -0.1) is 11.3 Å². The summed E-state index contributed by atoms with van der Waals surface area (Å²) in [4.78, 5) is 28.3. The predicted molar refractivity (Wildman–Crippen MR) is 95.5 cm³/mol. The van der Waals surface area contributed by atoms with Crippen molar-refractivity contribution < 1.29 is 19.1 Å². The summed E-state index contributed by atoms with van der Waals surface area (Å²) in [7, 11) is 0. The highest BCUT2D eigenvalue weighted by atomic mass is 32.1. The number of hydrogen-bond acceptors (Lipinski definition) is 5. The van der Waals surface area contributed by atoms with Crippen molar-refractivity contribution in [2.75, 3.05) is 13.2 Å². The van der Waals surface area contributed by atoms with Crippen molar-refractivity contribution in [3.05, 3.63) is 46.2 Å². The smallest absolute Gasteiger partial charge is 0.325 e. The molecule has 3 aliphatic rings. The summed E-state index contributed by atoms with van der Waals surface area (Å²) >= 11 is 1.65. The lowest BCUT2D eigenvalue weighted by atomic mass is 9.80. The van der Waals surface area contributed by atoms with Gasteiger partial charge in [0.05, 0.1) is 6.54 Å². The number of ether oxygens (including phenoxy) is 2. The number of benzene rings is 1. The van der Waals surface area contributed by atoms with Crippen molar-refractivity contribution in [1.82, 2.24) is 10.2 Å². The van der Waals surface area contributed by atoms with Gasteiger partial charge in [0.15, 0.2) is 17.6 Å². The van der Waals surface area contributed by atoms with Gasteiger partial charge in [-0.3, -0.25) is 9.69 Å². The Balaban J connectivity index is 1.39. The third kappa shape index (κ3) is 2.23. The number of nitrogens with zero attached hydrogens (tertiary/aromatic N) is 1. The number of thiophene rings is 1. The highest BCUT2D eigenvalue weighted by Crippen LogP contribution is 2.42. The molecule has 0 saturated carbocycles. The van der Waals surface area contributed by atoms with E-state index < -0.39 is 5.54 Å². The van der Waals surface area contributed by atoms with Crippen molar-refractivity contribution >= 4 is 23.3 Å². The molecule has 26 heavy (non-hydrogen) atoms. The number of nitrogens with one attached hydrogen (secondary N) is 1. The second-order valence-electron chi connectivity index (χ2n) is 6.86. The summed E-state index contributed by atoms with van der Waals surface area (Å²) < 4.78 is 11.6. The Labute approximate surface area is 154 Å². The van der Waals surface area contributed by atoms with Gasteiger partial charge in [-0.1, -0.05) is 12.1 Å². The Morgan fingerprint density at radius 2 is 2.08 bits per heavy atom. The molecule has 1 unspecified atom stereocenters. The topological polar surface area (TPSA) is 67.9 Å². The number of rotatable bonds is 2. The highest BCUT2D eigenvalue weighted by Gasteiger charge is 2.54. The molecule has 7 heteroatoms. The highest BCUT2D eigenvalue weighted by molar-refractivity contribution is 7.10. The Morgan fingerprint density at radius 1 is 1.23 bits per heavy atom. The molecule has 1 fully saturated rings. The third-order valence-corrected chi connectivity index (χ3v) is 6.27. The van der Waals surface area contributed by atoms with Crippen LogP contribution in [-0.2, 0) is 16.8 Å². The first kappa shape index (κ1) is 15.7. The molecule has 1 N–H and O–H groups in total. The van der Waals surface area contributed by atoms with Crippen LogP contribution >= 0.6 is 11.3 Å². The van der Waals surface area contributed by atoms with E-state index in [1.807, 2.05) is 35.7 Å². The zero-order valence-corrected chi connectivity index (χ0v) is 14.9. The maximum atomic E-state index is 13.2. The van der Waals surface area contributed by atoms with Crippen LogP contribution in [-0.4, -0.2) is 36.1 Å². The van der Waals surface area contributed by atoms with Crippen molar-refractivity contribution in [2.45, 2.75) is 30.9 Å². The zero-order valence-electron chi connectivity index (χ0n) is 14.1. The van der Waals surface area contributed by atoms with Crippen LogP contribution in [0.2, 0.25) is 0 Å². The maximum absolute atomic E-state index is 13.2. The molecule has 1 aromatic carbocycles. The van der Waals surface area contributed by atoms with Crippen LogP contribution in [0, 0.1) is 0 Å². The van der Waals surface area contributed by atoms with Gasteiger partial charge in [-0.05, 0) is 42.8 Å². The molecule has 2 aliphatic heterocycles. The van der Waals surface area contributed by atoms with E-state index in [-0.39, 0.29) is 24.6 Å². The number of fused-ring (bicyclic) bond motifs is 3. The molecule has 5 rings (SSSR count). The molecule has 2 atom stereocenters. The van der Waals surface area contributed by atoms with Crippen LogP contribution in [0.4, 0.5) is 4.79 Å². The Hall–Kier alpha value is -2.54. The van der Waals surface area contributed by atoms with Crippen LogP contribution < -0.4 is 14.8 Å². The average molecular weight is 370 g/mol. The molecule has 1 spiro atoms. The SMILES string of the molecule is O=C1N[C@@]2(CCCc3sccc32)C(=O)N1CC1COc2ccccc2O1. The van der Waals surface area contributed by atoms with E-state index in [0.29, 0.717) is 24.5 Å². The largest absolute Gasteiger partial charge is 0.486 e. The van der Waals surface area contributed by atoms with Crippen LogP contribution in [0.15, 0.2) is 35.7 Å². The van der Waals surface area contributed by atoms with Gasteiger partial charge in [0.2, 0.25) is 0 Å². The summed E-state index contributed by atoms with van der Waals surface area (Å²) in [6.07, 6.45) is 2.13. The summed E-state index contributed by atoms with van der Waals surface area (Å²) in [6.45, 7) is 0.491. The lowest BCUT2D eigenvalue weighted by Crippen LogP contribution is -2.47. The quantitative estimate of drug-likeness (QED) is 0.826. The summed E-state index contributed by atoms with van der Waals surface area (Å²) in [6, 6.07) is 9.04. The number of hydrogen-bond donors (Lipinski definition) is 1. The second-order valence-corrected chi connectivity index (χ2v) is 7.86. The molecule has 3 amide bonds. The minimum Gasteiger partial charge on any atom is -0.486 e. The van der Waals surface area contributed by atoms with E-state index in [4.69, 9.17) is 9.47 Å². The van der Waals surface area contributed by atoms with Crippen LogP contribution in [0.3, 0.4) is 0 Å². The first-order valence-corrected chi connectivity index (χ1v) is 9.65. The van der Waals surface area contributed by atoms with Gasteiger partial charge in [0, 0.05) is 10.4 Å². The second kappa shape index (κ2) is 5.74. The van der Waals surface area contributed by atoms with Crippen LogP contribution in [0.5, 0.6) is 11.5 Å². The van der Waals surface area contributed by atoms with Crippen LogP contribution in [0.1, 0.15) is 23.3 Å². The minimum atomic E-state index is -0.905. The molecular formula is C19H18N2O4S. The Morgan fingerprint density at radius 3 is 2.96 bits per heavy atom. The average Bonchev–Trinajstić information content (AvgIpc) is 3.22. The standard InChI is InChI=1S/C19H18N2O4S/c22-17-19(8-3-6-16-13(19)7-9-26-16)20-18(23)21(17)10-12-11-24-14-4-1-2-5-15(14)25-12/h1-2,4-5,7,9,12H,3,6,8,10-11H2,(H,20,23)/t12?,19-/m1/s1. The van der Waals surface area contributed by atoms with E-state index in [9.17, 15) is 9.59 Å². The minimum absolute atomic E-state index is 0.177. The molecule has 2 aromatic rings. The predicted octanol–water partition coefficient (Wildman–Crippen LogP) is 2.67. The molecule has 1 aromatic heterocycles. The van der Waals surface area contributed by atoms with Crippen molar-refractivity contribution in [1.29, 1.82) is 0 Å². The van der Waals surface area contributed by atoms with Gasteiger partial charge in [-0.2, -0.15) is 0 Å². The monoisotopic (exact) mass is 370 g/mol. The maximum Gasteiger partial charge on any atom is 0.325 e. The van der Waals surface area contributed by atoms with E-state index in [0.717, 1.165) is 18.4 Å². The van der Waals surface area contributed by atoms with Crippen molar-refractivity contribution in [2.24, 2.45) is 0 Å². The number of amides is 3. The molecule has 0 radical (unpaired) electrons. The lowest BCUT2D eigenvalue weighted by Gasteiger charge is -2.32. The molecule has 0 bridgehead atoms. The number of imide groups is 1. The molecule has 1 saturated heterocycles. The lowest BCUT2D eigenvalue weighted by molar-refractivity contribution is -0.133. The van der Waals surface area contributed by atoms with Crippen LogP contribution in [0.25, 0.3) is 0 Å². The Bertz CT molecular complexity index is 895. The first-order valence-electron chi connectivity index (χ1n) is 8.77. The summed E-state index contributed by atoms with van der Waals surface area (Å²) in [5, 5.41) is 4.96. The number of urea groups is 1. The van der Waals surface area contributed by atoms with Gasteiger partial charge >= 0.3 is 6.03 Å². The normalized spacial score (nSPS) is 26.8. The number of para-hydroxylation sites is 2. The van der Waals surface area contributed by atoms with E-state index in [2.05, 4.69) is 5.32 Å². The fourth-order valence-electron chi connectivity index (χ4n) is 4.06. The van der Waals surface area contributed by atoms with Crippen molar-refractivity contribution in [3.8, 4) is 11.5 Å². The molecular weight excluding hydrogens is 352 g/mol. The van der Waals surface area contributed by atoms with Gasteiger partial charge in [-0.25, -0.2) is 4.79 Å². The summed E-state index contributed by atoms with van der Waals surface area (Å²) in [5.41, 5.74) is 0.0544. The first-order chi connectivity index (χ1) is 12.7. The number of carbonyl (C=O) groups is 2. The van der Waals surface area contributed by atoms with Gasteiger partial charge in [0.25, 0.3) is 5.91 Å². The molecule has 3 heterocycles. The van der Waals surface area contributed by atoms with E-state index >= 15 is 0 Å². The molecule has 6 nitrogen and oxygen atoms in total. The molecule has 1 aliphatic carbocycles. The summed E-state index contributed by atoms with van der Waals surface area (Å²) in [5.74, 6) is 1.15. The van der Waals surface area contributed by atoms with E-state index in [1.54, 1.807) is 11.3 Å². The third-order valence-electron chi connectivity index (χ3n) is 5.29. The van der Waals surface area contributed by atoms with Gasteiger partial charge < -0.3 is 14.8 Å². The van der Waals surface area contributed by atoms with E-state index in [1.165, 1.54) is 9.78 Å². The Kier molecular flexibility index (Phi) is 3.46. The molecule has 134 valence electrons.